The van der Waals surface area contributed by atoms with Gasteiger partial charge in [-0.2, -0.15) is 18.3 Å². The summed E-state index contributed by atoms with van der Waals surface area (Å²) >= 11 is 0. The fourth-order valence-corrected chi connectivity index (χ4v) is 1.82. The van der Waals surface area contributed by atoms with Gasteiger partial charge in [-0.05, 0) is 32.0 Å². The van der Waals surface area contributed by atoms with Crippen LogP contribution in [0.3, 0.4) is 0 Å². The fraction of sp³-hybridized carbons (Fsp3) is 0.250. The van der Waals surface area contributed by atoms with Crippen LogP contribution < -0.4 is 0 Å². The molecule has 0 fully saturated rings. The van der Waals surface area contributed by atoms with Crippen LogP contribution in [0.4, 0.5) is 13.2 Å². The van der Waals surface area contributed by atoms with Crippen LogP contribution >= 0.6 is 0 Å². The monoisotopic (exact) mass is 285 g/mol. The van der Waals surface area contributed by atoms with Crippen molar-refractivity contribution in [2.24, 2.45) is 0 Å². The van der Waals surface area contributed by atoms with Gasteiger partial charge in [-0.1, -0.05) is 0 Å². The third kappa shape index (κ3) is 2.49. The molecule has 1 heterocycles. The summed E-state index contributed by atoms with van der Waals surface area (Å²) in [6, 6.07) is 2.49. The van der Waals surface area contributed by atoms with Crippen LogP contribution in [0.2, 0.25) is 0 Å². The van der Waals surface area contributed by atoms with E-state index in [1.807, 2.05) is 0 Å². The number of carbonyl (C=O) groups is 1. The molecule has 20 heavy (non-hydrogen) atoms. The second-order valence-electron chi connectivity index (χ2n) is 4.15. The minimum absolute atomic E-state index is 0.0450. The smallest absolute Gasteiger partial charge is 0.416 e. The molecule has 8 heteroatoms. The molecule has 0 aliphatic rings. The molecular weight excluding hydrogens is 275 g/mol. The van der Waals surface area contributed by atoms with E-state index in [9.17, 15) is 18.0 Å². The molecule has 1 aromatic heterocycles. The maximum Gasteiger partial charge on any atom is 0.416 e. The Morgan fingerprint density at radius 2 is 1.95 bits per heavy atom. The Morgan fingerprint density at radius 3 is 2.40 bits per heavy atom. The summed E-state index contributed by atoms with van der Waals surface area (Å²) < 4.78 is 39.1. The van der Waals surface area contributed by atoms with Crippen LogP contribution in [0.5, 0.6) is 0 Å². The third-order valence-corrected chi connectivity index (χ3v) is 2.66. The molecule has 106 valence electrons. The number of hydrogen-bond donors (Lipinski definition) is 1. The summed E-state index contributed by atoms with van der Waals surface area (Å²) in [5.74, 6) is -0.665. The predicted octanol–water partition coefficient (Wildman–Crippen LogP) is 2.60. The average Bonchev–Trinajstić information content (AvgIpc) is 2.66. The first-order valence-corrected chi connectivity index (χ1v) is 5.55. The Morgan fingerprint density at radius 1 is 1.30 bits per heavy atom. The molecule has 0 amide bonds. The summed E-state index contributed by atoms with van der Waals surface area (Å²) in [4.78, 5) is 15.2. The highest BCUT2D eigenvalue weighted by atomic mass is 19.4. The number of hydrogen-bond acceptors (Lipinski definition) is 3. The van der Waals surface area contributed by atoms with Crippen molar-refractivity contribution in [1.82, 2.24) is 14.8 Å². The van der Waals surface area contributed by atoms with E-state index in [1.54, 1.807) is 13.8 Å². The number of rotatable bonds is 2. The quantitative estimate of drug-likeness (QED) is 0.921. The molecule has 5 nitrogen and oxygen atoms in total. The van der Waals surface area contributed by atoms with Gasteiger partial charge in [-0.3, -0.25) is 0 Å². The number of carboxylic acids is 1. The van der Waals surface area contributed by atoms with Crippen LogP contribution in [0, 0.1) is 13.8 Å². The number of aromatic nitrogens is 3. The van der Waals surface area contributed by atoms with Gasteiger partial charge in [-0.25, -0.2) is 14.5 Å². The molecule has 0 bridgehead atoms. The number of alkyl halides is 3. The summed E-state index contributed by atoms with van der Waals surface area (Å²) in [6.45, 7) is 3.19. The van der Waals surface area contributed by atoms with E-state index < -0.39 is 23.3 Å². The Hall–Kier alpha value is -2.38. The van der Waals surface area contributed by atoms with Gasteiger partial charge in [0.15, 0.2) is 0 Å². The average molecular weight is 285 g/mol. The lowest BCUT2D eigenvalue weighted by Gasteiger charge is -2.11. The van der Waals surface area contributed by atoms with Crippen LogP contribution in [-0.2, 0) is 6.18 Å². The molecule has 0 aliphatic heterocycles. The zero-order chi connectivity index (χ0) is 15.1. The summed E-state index contributed by atoms with van der Waals surface area (Å²) in [5.41, 5.74) is -1.45. The van der Waals surface area contributed by atoms with Gasteiger partial charge in [-0.15, -0.1) is 0 Å². The number of halogens is 3. The Balaban J connectivity index is 2.65. The molecular formula is C12H10F3N3O2. The minimum atomic E-state index is -4.60. The summed E-state index contributed by atoms with van der Waals surface area (Å²) in [5, 5.41) is 13.1. The molecule has 0 unspecified atom stereocenters. The number of carboxylic acid groups (broad SMARTS) is 1. The zero-order valence-electron chi connectivity index (χ0n) is 10.6. The lowest BCUT2D eigenvalue weighted by molar-refractivity contribution is -0.137. The van der Waals surface area contributed by atoms with Crippen molar-refractivity contribution in [3.8, 4) is 5.69 Å². The summed E-state index contributed by atoms with van der Waals surface area (Å²) in [6.07, 6.45) is -4.60. The van der Waals surface area contributed by atoms with Crippen molar-refractivity contribution >= 4 is 5.97 Å². The minimum Gasteiger partial charge on any atom is -0.478 e. The normalized spacial score (nSPS) is 11.7. The number of benzene rings is 1. The molecule has 0 aliphatic carbocycles. The van der Waals surface area contributed by atoms with Gasteiger partial charge in [0, 0.05) is 0 Å². The standard InChI is InChI=1S/C12H10F3N3O2/c1-6-16-7(2)18(17-6)10-4-3-8(12(13,14)15)5-9(10)11(19)20/h3-5H,1-2H3,(H,19,20). The molecule has 1 aromatic carbocycles. The van der Waals surface area contributed by atoms with E-state index in [4.69, 9.17) is 5.11 Å². The number of aromatic carboxylic acids is 1. The van der Waals surface area contributed by atoms with Gasteiger partial charge in [0.2, 0.25) is 0 Å². The van der Waals surface area contributed by atoms with Crippen LogP contribution in [0.15, 0.2) is 18.2 Å². The molecule has 2 rings (SSSR count). The van der Waals surface area contributed by atoms with Crippen molar-refractivity contribution in [3.63, 3.8) is 0 Å². The number of aryl methyl sites for hydroxylation is 2. The van der Waals surface area contributed by atoms with Crippen LogP contribution in [-0.4, -0.2) is 25.8 Å². The summed E-state index contributed by atoms with van der Waals surface area (Å²) in [7, 11) is 0. The first kappa shape index (κ1) is 14.0. The van der Waals surface area contributed by atoms with Crippen molar-refractivity contribution in [2.75, 3.05) is 0 Å². The van der Waals surface area contributed by atoms with Crippen LogP contribution in [0.25, 0.3) is 5.69 Å². The van der Waals surface area contributed by atoms with Gasteiger partial charge in [0.05, 0.1) is 16.8 Å². The molecule has 0 spiro atoms. The first-order valence-electron chi connectivity index (χ1n) is 5.55. The zero-order valence-corrected chi connectivity index (χ0v) is 10.6. The highest BCUT2D eigenvalue weighted by molar-refractivity contribution is 5.92. The Bertz CT molecular complexity index is 677. The largest absolute Gasteiger partial charge is 0.478 e. The van der Waals surface area contributed by atoms with E-state index in [1.165, 1.54) is 4.68 Å². The lowest BCUT2D eigenvalue weighted by Crippen LogP contribution is -2.12. The fourth-order valence-electron chi connectivity index (χ4n) is 1.82. The van der Waals surface area contributed by atoms with Crippen molar-refractivity contribution in [3.05, 3.63) is 41.0 Å². The first-order chi connectivity index (χ1) is 9.20. The van der Waals surface area contributed by atoms with Gasteiger partial charge >= 0.3 is 12.1 Å². The van der Waals surface area contributed by atoms with E-state index in [0.29, 0.717) is 17.7 Å². The van der Waals surface area contributed by atoms with E-state index in [0.717, 1.165) is 12.1 Å². The predicted molar refractivity (Wildman–Crippen MR) is 62.8 cm³/mol. The molecule has 0 atom stereocenters. The topological polar surface area (TPSA) is 68.0 Å². The van der Waals surface area contributed by atoms with Gasteiger partial charge in [0.1, 0.15) is 11.6 Å². The van der Waals surface area contributed by atoms with Gasteiger partial charge < -0.3 is 5.11 Å². The van der Waals surface area contributed by atoms with E-state index >= 15 is 0 Å². The molecule has 1 N–H and O–H groups in total. The Labute approximate surface area is 111 Å². The molecule has 0 radical (unpaired) electrons. The third-order valence-electron chi connectivity index (χ3n) is 2.66. The maximum absolute atomic E-state index is 12.6. The molecule has 0 saturated carbocycles. The number of nitrogens with zero attached hydrogens (tertiary/aromatic N) is 3. The van der Waals surface area contributed by atoms with Gasteiger partial charge in [0.25, 0.3) is 0 Å². The van der Waals surface area contributed by atoms with Crippen LogP contribution in [0.1, 0.15) is 27.6 Å². The van der Waals surface area contributed by atoms with Crippen molar-refractivity contribution in [2.45, 2.75) is 20.0 Å². The van der Waals surface area contributed by atoms with Crippen molar-refractivity contribution < 1.29 is 23.1 Å². The van der Waals surface area contributed by atoms with Crippen molar-refractivity contribution in [1.29, 1.82) is 0 Å². The molecule has 0 saturated heterocycles. The highest BCUT2D eigenvalue weighted by Gasteiger charge is 2.32. The maximum atomic E-state index is 12.6. The second kappa shape index (κ2) is 4.62. The van der Waals surface area contributed by atoms with E-state index in [2.05, 4.69) is 10.1 Å². The lowest BCUT2D eigenvalue weighted by atomic mass is 10.1. The second-order valence-corrected chi connectivity index (χ2v) is 4.15. The molecule has 2 aromatic rings. The van der Waals surface area contributed by atoms with E-state index in [-0.39, 0.29) is 5.69 Å². The Kier molecular flexibility index (Phi) is 3.24. The highest BCUT2D eigenvalue weighted by Crippen LogP contribution is 2.31. The SMILES string of the molecule is Cc1nc(C)n(-c2ccc(C(F)(F)F)cc2C(=O)O)n1.